The monoisotopic (exact) mass is 116 g/mol. The van der Waals surface area contributed by atoms with E-state index in [2.05, 4.69) is 9.71 Å². The average Bonchev–Trinajstić information content (AvgIpc) is 1.69. The molecule has 1 atom stereocenters. The molecule has 0 aromatic carbocycles. The van der Waals surface area contributed by atoms with Crippen LogP contribution in [-0.2, 0) is 11.0 Å². The fraction of sp³-hybridized carbons (Fsp3) is 0. The summed E-state index contributed by atoms with van der Waals surface area (Å²) >= 11 is 0. The normalized spacial score (nSPS) is 27.1. The summed E-state index contributed by atoms with van der Waals surface area (Å²) < 4.78 is 13.7. The highest BCUT2D eigenvalue weighted by atomic mass is 32.2. The zero-order chi connectivity index (χ0) is 5.11. The van der Waals surface area contributed by atoms with Crippen LogP contribution in [0.3, 0.4) is 0 Å². The second-order valence-electron chi connectivity index (χ2n) is 0.980. The molecule has 1 rings (SSSR count). The van der Waals surface area contributed by atoms with Crippen molar-refractivity contribution < 1.29 is 4.21 Å². The van der Waals surface area contributed by atoms with Gasteiger partial charge in [-0.15, -0.1) is 0 Å². The molecule has 0 fully saturated rings. The number of rotatable bonds is 0. The van der Waals surface area contributed by atoms with Crippen LogP contribution in [0.4, 0.5) is 0 Å². The zero-order valence-electron chi connectivity index (χ0n) is 3.50. The first kappa shape index (κ1) is 4.52. The lowest BCUT2D eigenvalue weighted by Crippen LogP contribution is -2.05. The fourth-order valence-corrected chi connectivity index (χ4v) is 0.688. The minimum atomic E-state index is -1.11. The van der Waals surface area contributed by atoms with Gasteiger partial charge in [0.05, 0.1) is 0 Å². The van der Waals surface area contributed by atoms with Crippen LogP contribution in [-0.4, -0.2) is 10.5 Å². The van der Waals surface area contributed by atoms with Gasteiger partial charge in [0.25, 0.3) is 0 Å². The third-order valence-corrected chi connectivity index (χ3v) is 1.19. The molecule has 0 saturated heterocycles. The molecule has 1 aliphatic rings. The zero-order valence-corrected chi connectivity index (χ0v) is 4.31. The van der Waals surface area contributed by atoms with E-state index in [9.17, 15) is 4.21 Å². The van der Waals surface area contributed by atoms with Crippen molar-refractivity contribution in [3.05, 3.63) is 11.6 Å². The second kappa shape index (κ2) is 1.88. The van der Waals surface area contributed by atoms with E-state index in [0.717, 1.165) is 0 Å². The molecule has 0 spiro atoms. The van der Waals surface area contributed by atoms with Crippen molar-refractivity contribution in [3.63, 3.8) is 0 Å². The van der Waals surface area contributed by atoms with Gasteiger partial charge in [-0.2, -0.15) is 4.40 Å². The third-order valence-electron chi connectivity index (χ3n) is 0.512. The summed E-state index contributed by atoms with van der Waals surface area (Å²) in [6.07, 6.45) is 2.99. The molecular formula is C3H4N2OS. The Morgan fingerprint density at radius 3 is 2.86 bits per heavy atom. The number of hydrogen-bond acceptors (Lipinski definition) is 2. The Balaban J connectivity index is 2.66. The SMILES string of the molecule is O=S1C=CNC=N1. The summed E-state index contributed by atoms with van der Waals surface area (Å²) in [6, 6.07) is 0. The molecule has 38 valence electrons. The molecule has 1 aliphatic heterocycles. The highest BCUT2D eigenvalue weighted by Crippen LogP contribution is 1.85. The Hall–Kier alpha value is -0.640. The minimum Gasteiger partial charge on any atom is -0.351 e. The lowest BCUT2D eigenvalue weighted by atomic mass is 11.0. The van der Waals surface area contributed by atoms with Gasteiger partial charge in [0.15, 0.2) is 11.0 Å². The molecule has 0 saturated carbocycles. The number of nitrogens with zero attached hydrogens (tertiary/aromatic N) is 1. The molecule has 3 nitrogen and oxygen atoms in total. The first-order valence-corrected chi connectivity index (χ1v) is 2.92. The van der Waals surface area contributed by atoms with Gasteiger partial charge < -0.3 is 5.32 Å². The van der Waals surface area contributed by atoms with Gasteiger partial charge in [-0.1, -0.05) is 0 Å². The van der Waals surface area contributed by atoms with E-state index < -0.39 is 11.0 Å². The summed E-state index contributed by atoms with van der Waals surface area (Å²) in [6.45, 7) is 0. The topological polar surface area (TPSA) is 41.5 Å². The van der Waals surface area contributed by atoms with E-state index in [0.29, 0.717) is 0 Å². The van der Waals surface area contributed by atoms with E-state index in [-0.39, 0.29) is 0 Å². The van der Waals surface area contributed by atoms with E-state index in [1.165, 1.54) is 11.7 Å². The van der Waals surface area contributed by atoms with Crippen molar-refractivity contribution in [2.24, 2.45) is 4.40 Å². The van der Waals surface area contributed by atoms with E-state index >= 15 is 0 Å². The molecule has 1 heterocycles. The van der Waals surface area contributed by atoms with Gasteiger partial charge in [-0.05, 0) is 0 Å². The summed E-state index contributed by atoms with van der Waals surface area (Å²) in [5.74, 6) is 0. The summed E-state index contributed by atoms with van der Waals surface area (Å²) in [4.78, 5) is 0. The quantitative estimate of drug-likeness (QED) is 0.474. The number of nitrogens with one attached hydrogen (secondary N) is 1. The van der Waals surface area contributed by atoms with Gasteiger partial charge in [0.1, 0.15) is 6.34 Å². The minimum absolute atomic E-state index is 1.11. The standard InChI is InChI=1S/C3H4N2OS/c6-7-2-1-4-3-5-7/h1-3H,(H,4,5). The van der Waals surface area contributed by atoms with Crippen LogP contribution >= 0.6 is 0 Å². The molecule has 4 heteroatoms. The lowest BCUT2D eigenvalue weighted by Gasteiger charge is -1.91. The van der Waals surface area contributed by atoms with Crippen LogP contribution in [0.25, 0.3) is 0 Å². The molecule has 0 aromatic rings. The van der Waals surface area contributed by atoms with Gasteiger partial charge in [0.2, 0.25) is 0 Å². The molecule has 0 aromatic heterocycles. The van der Waals surface area contributed by atoms with Crippen LogP contribution in [0.5, 0.6) is 0 Å². The van der Waals surface area contributed by atoms with Crippen LogP contribution in [0.15, 0.2) is 16.0 Å². The first-order chi connectivity index (χ1) is 3.39. The molecule has 1 unspecified atom stereocenters. The van der Waals surface area contributed by atoms with Crippen molar-refractivity contribution in [1.29, 1.82) is 0 Å². The van der Waals surface area contributed by atoms with Gasteiger partial charge >= 0.3 is 0 Å². The van der Waals surface area contributed by atoms with E-state index in [1.54, 1.807) is 6.20 Å². The molecule has 0 amide bonds. The molecule has 0 aliphatic carbocycles. The molecule has 7 heavy (non-hydrogen) atoms. The highest BCUT2D eigenvalue weighted by Gasteiger charge is 1.87. The second-order valence-corrected chi connectivity index (χ2v) is 2.02. The predicted octanol–water partition coefficient (Wildman–Crippen LogP) is -0.247. The summed E-state index contributed by atoms with van der Waals surface area (Å²) in [5, 5.41) is 4.12. The van der Waals surface area contributed by atoms with Gasteiger partial charge in [-0.3, -0.25) is 0 Å². The van der Waals surface area contributed by atoms with Crippen molar-refractivity contribution in [2.45, 2.75) is 0 Å². The largest absolute Gasteiger partial charge is 0.351 e. The van der Waals surface area contributed by atoms with Crippen molar-refractivity contribution in [2.75, 3.05) is 0 Å². The Labute approximate surface area is 43.7 Å². The Morgan fingerprint density at radius 2 is 2.57 bits per heavy atom. The Kier molecular flexibility index (Phi) is 1.21. The number of hydrogen-bond donors (Lipinski definition) is 1. The average molecular weight is 116 g/mol. The van der Waals surface area contributed by atoms with Crippen LogP contribution in [0.1, 0.15) is 0 Å². The highest BCUT2D eigenvalue weighted by molar-refractivity contribution is 7.86. The molecular weight excluding hydrogens is 112 g/mol. The fourth-order valence-electron chi connectivity index (χ4n) is 0.258. The van der Waals surface area contributed by atoms with E-state index in [1.807, 2.05) is 0 Å². The van der Waals surface area contributed by atoms with Gasteiger partial charge in [-0.25, -0.2) is 4.21 Å². The summed E-state index contributed by atoms with van der Waals surface area (Å²) in [5.41, 5.74) is 0. The molecule has 0 radical (unpaired) electrons. The Bertz CT molecular complexity index is 126. The van der Waals surface area contributed by atoms with Crippen molar-refractivity contribution in [1.82, 2.24) is 5.32 Å². The first-order valence-electron chi connectivity index (χ1n) is 1.75. The maximum absolute atomic E-state index is 10.2. The maximum atomic E-state index is 10.2. The van der Waals surface area contributed by atoms with Crippen molar-refractivity contribution >= 4 is 17.3 Å². The molecule has 0 bridgehead atoms. The van der Waals surface area contributed by atoms with Crippen molar-refractivity contribution in [3.8, 4) is 0 Å². The third kappa shape index (κ3) is 1.12. The van der Waals surface area contributed by atoms with Gasteiger partial charge in [0, 0.05) is 11.6 Å². The Morgan fingerprint density at radius 1 is 1.71 bits per heavy atom. The lowest BCUT2D eigenvalue weighted by molar-refractivity contribution is 0.689. The van der Waals surface area contributed by atoms with Crippen LogP contribution in [0.2, 0.25) is 0 Å². The van der Waals surface area contributed by atoms with Crippen LogP contribution in [0, 0.1) is 0 Å². The smallest absolute Gasteiger partial charge is 0.167 e. The van der Waals surface area contributed by atoms with E-state index in [4.69, 9.17) is 0 Å². The predicted molar refractivity (Wildman–Crippen MR) is 28.9 cm³/mol. The van der Waals surface area contributed by atoms with Crippen LogP contribution < -0.4 is 5.32 Å². The maximum Gasteiger partial charge on any atom is 0.167 e. The summed E-state index contributed by atoms with van der Waals surface area (Å²) in [7, 11) is -1.11. The molecule has 1 N–H and O–H groups in total.